The van der Waals surface area contributed by atoms with Crippen LogP contribution in [0.25, 0.3) is 0 Å². The number of benzene rings is 1. The van der Waals surface area contributed by atoms with Gasteiger partial charge in [0.05, 0.1) is 12.7 Å². The lowest BCUT2D eigenvalue weighted by Gasteiger charge is -2.34. The van der Waals surface area contributed by atoms with Crippen molar-refractivity contribution in [3.63, 3.8) is 0 Å². The van der Waals surface area contributed by atoms with Gasteiger partial charge in [-0.2, -0.15) is 0 Å². The smallest absolute Gasteiger partial charge is 0.321 e. The second-order valence-electron chi connectivity index (χ2n) is 5.94. The highest BCUT2D eigenvalue weighted by atomic mass is 16.5. The lowest BCUT2D eigenvalue weighted by molar-refractivity contribution is 0.109. The van der Waals surface area contributed by atoms with E-state index in [4.69, 9.17) is 9.47 Å². The molecule has 6 heteroatoms. The zero-order chi connectivity index (χ0) is 16.7. The van der Waals surface area contributed by atoms with E-state index in [0.717, 1.165) is 50.8 Å². The third-order valence-corrected chi connectivity index (χ3v) is 3.75. The van der Waals surface area contributed by atoms with E-state index in [9.17, 15) is 4.79 Å². The summed E-state index contributed by atoms with van der Waals surface area (Å²) < 4.78 is 10.7. The Kier molecular flexibility index (Phi) is 6.67. The number of carbonyl (C=O) groups excluding carboxylic acids is 1. The molecule has 0 aliphatic carbocycles. The zero-order valence-electron chi connectivity index (χ0n) is 14.2. The van der Waals surface area contributed by atoms with Crippen molar-refractivity contribution in [1.82, 2.24) is 9.80 Å². The molecule has 0 radical (unpaired) electrons. The fourth-order valence-electron chi connectivity index (χ4n) is 2.49. The molecule has 1 aliphatic rings. The summed E-state index contributed by atoms with van der Waals surface area (Å²) in [5, 5.41) is 2.94. The van der Waals surface area contributed by atoms with Crippen molar-refractivity contribution >= 4 is 11.7 Å². The van der Waals surface area contributed by atoms with E-state index in [1.165, 1.54) is 0 Å². The van der Waals surface area contributed by atoms with Gasteiger partial charge in [-0.3, -0.25) is 4.90 Å². The predicted octanol–water partition coefficient (Wildman–Crippen LogP) is 2.27. The number of urea groups is 1. The summed E-state index contributed by atoms with van der Waals surface area (Å²) in [7, 11) is 1.71. The Morgan fingerprint density at radius 3 is 2.39 bits per heavy atom. The molecule has 0 unspecified atom stereocenters. The molecule has 0 spiro atoms. The topological polar surface area (TPSA) is 54.0 Å². The Morgan fingerprint density at radius 1 is 1.17 bits per heavy atom. The Hall–Kier alpha value is -1.79. The van der Waals surface area contributed by atoms with Gasteiger partial charge in [-0.15, -0.1) is 0 Å². The highest BCUT2D eigenvalue weighted by molar-refractivity contribution is 5.89. The van der Waals surface area contributed by atoms with E-state index in [1.54, 1.807) is 7.11 Å². The van der Waals surface area contributed by atoms with Crippen LogP contribution in [-0.2, 0) is 4.74 Å². The van der Waals surface area contributed by atoms with Crippen molar-refractivity contribution in [2.75, 3.05) is 51.8 Å². The van der Waals surface area contributed by atoms with Gasteiger partial charge in [0.25, 0.3) is 0 Å². The number of rotatable bonds is 6. The fourth-order valence-corrected chi connectivity index (χ4v) is 2.49. The summed E-state index contributed by atoms with van der Waals surface area (Å²) in [6.45, 7) is 8.88. The van der Waals surface area contributed by atoms with Crippen molar-refractivity contribution in [3.05, 3.63) is 24.3 Å². The van der Waals surface area contributed by atoms with Crippen molar-refractivity contribution in [2.24, 2.45) is 0 Å². The molecular formula is C17H27N3O3. The highest BCUT2D eigenvalue weighted by Gasteiger charge is 2.20. The van der Waals surface area contributed by atoms with Crippen LogP contribution < -0.4 is 10.1 Å². The second-order valence-corrected chi connectivity index (χ2v) is 5.94. The maximum Gasteiger partial charge on any atom is 0.321 e. The molecule has 0 saturated carbocycles. The summed E-state index contributed by atoms with van der Waals surface area (Å²) in [6.07, 6.45) is 0.143. The summed E-state index contributed by atoms with van der Waals surface area (Å²) in [6, 6.07) is 7.43. The monoisotopic (exact) mass is 321 g/mol. The normalized spacial score (nSPS) is 15.7. The maximum atomic E-state index is 12.3. The molecule has 1 fully saturated rings. The minimum Gasteiger partial charge on any atom is -0.491 e. The summed E-state index contributed by atoms with van der Waals surface area (Å²) in [5.41, 5.74) is 0.785. The lowest BCUT2D eigenvalue weighted by atomic mass is 10.3. The van der Waals surface area contributed by atoms with Crippen LogP contribution in [0.4, 0.5) is 10.5 Å². The van der Waals surface area contributed by atoms with Crippen molar-refractivity contribution in [1.29, 1.82) is 0 Å². The van der Waals surface area contributed by atoms with Crippen LogP contribution in [0.2, 0.25) is 0 Å². The largest absolute Gasteiger partial charge is 0.491 e. The van der Waals surface area contributed by atoms with Crippen LogP contribution in [0.1, 0.15) is 13.8 Å². The quantitative estimate of drug-likeness (QED) is 0.873. The van der Waals surface area contributed by atoms with Crippen LogP contribution in [0.5, 0.6) is 5.75 Å². The van der Waals surface area contributed by atoms with Gasteiger partial charge in [0.2, 0.25) is 0 Å². The Morgan fingerprint density at radius 2 is 1.83 bits per heavy atom. The van der Waals surface area contributed by atoms with Gasteiger partial charge >= 0.3 is 6.03 Å². The second kappa shape index (κ2) is 8.74. The number of hydrogen-bond donors (Lipinski definition) is 1. The molecule has 1 aromatic rings. The number of anilines is 1. The van der Waals surface area contributed by atoms with Crippen LogP contribution in [0, 0.1) is 0 Å². The minimum absolute atomic E-state index is 0.0473. The third-order valence-electron chi connectivity index (χ3n) is 3.75. The lowest BCUT2D eigenvalue weighted by Crippen LogP contribution is -2.50. The van der Waals surface area contributed by atoms with Crippen LogP contribution in [0.15, 0.2) is 24.3 Å². The van der Waals surface area contributed by atoms with E-state index in [-0.39, 0.29) is 12.1 Å². The molecule has 1 saturated heterocycles. The molecule has 2 amide bonds. The first-order valence-corrected chi connectivity index (χ1v) is 8.12. The molecule has 128 valence electrons. The van der Waals surface area contributed by atoms with Gasteiger partial charge in [-0.1, -0.05) is 0 Å². The van der Waals surface area contributed by atoms with Gasteiger partial charge in [-0.05, 0) is 38.1 Å². The van der Waals surface area contributed by atoms with E-state index in [0.29, 0.717) is 0 Å². The zero-order valence-corrected chi connectivity index (χ0v) is 14.2. The highest BCUT2D eigenvalue weighted by Crippen LogP contribution is 2.17. The molecular weight excluding hydrogens is 294 g/mol. The van der Waals surface area contributed by atoms with E-state index >= 15 is 0 Å². The molecule has 0 atom stereocenters. The molecule has 0 bridgehead atoms. The Labute approximate surface area is 138 Å². The first kappa shape index (κ1) is 17.6. The van der Waals surface area contributed by atoms with Crippen LogP contribution in [-0.4, -0.2) is 68.4 Å². The Balaban J connectivity index is 1.78. The average Bonchev–Trinajstić information content (AvgIpc) is 2.54. The van der Waals surface area contributed by atoms with Gasteiger partial charge in [-0.25, -0.2) is 4.79 Å². The SMILES string of the molecule is COCCN1CCN(C(=O)Nc2ccc(OC(C)C)cc2)CC1. The predicted molar refractivity (Wildman–Crippen MR) is 91.1 cm³/mol. The molecule has 1 heterocycles. The van der Waals surface area contributed by atoms with Gasteiger partial charge in [0.15, 0.2) is 0 Å². The number of ether oxygens (including phenoxy) is 2. The molecule has 1 aliphatic heterocycles. The minimum atomic E-state index is -0.0473. The number of nitrogens with zero attached hydrogens (tertiary/aromatic N) is 2. The average molecular weight is 321 g/mol. The molecule has 2 rings (SSSR count). The number of carbonyl (C=O) groups is 1. The summed E-state index contributed by atoms with van der Waals surface area (Å²) >= 11 is 0. The molecule has 0 aromatic heterocycles. The Bertz CT molecular complexity index is 482. The van der Waals surface area contributed by atoms with Crippen molar-refractivity contribution in [3.8, 4) is 5.75 Å². The van der Waals surface area contributed by atoms with E-state index in [1.807, 2.05) is 43.0 Å². The first-order valence-electron chi connectivity index (χ1n) is 8.12. The van der Waals surface area contributed by atoms with Crippen LogP contribution >= 0.6 is 0 Å². The van der Waals surface area contributed by atoms with Crippen molar-refractivity contribution in [2.45, 2.75) is 20.0 Å². The van der Waals surface area contributed by atoms with Gasteiger partial charge < -0.3 is 19.7 Å². The third kappa shape index (κ3) is 5.73. The standard InChI is InChI=1S/C17H27N3O3/c1-14(2)23-16-6-4-15(5-7-16)18-17(21)20-10-8-19(9-11-20)12-13-22-3/h4-7,14H,8-13H2,1-3H3,(H,18,21). The van der Waals surface area contributed by atoms with E-state index in [2.05, 4.69) is 10.2 Å². The maximum absolute atomic E-state index is 12.3. The molecule has 6 nitrogen and oxygen atoms in total. The molecule has 23 heavy (non-hydrogen) atoms. The van der Waals surface area contributed by atoms with Gasteiger partial charge in [0.1, 0.15) is 5.75 Å². The number of hydrogen-bond acceptors (Lipinski definition) is 4. The number of methoxy groups -OCH3 is 1. The number of nitrogens with one attached hydrogen (secondary N) is 1. The summed E-state index contributed by atoms with van der Waals surface area (Å²) in [4.78, 5) is 16.5. The number of amides is 2. The van der Waals surface area contributed by atoms with E-state index < -0.39 is 0 Å². The molecule has 1 N–H and O–H groups in total. The summed E-state index contributed by atoms with van der Waals surface area (Å²) in [5.74, 6) is 0.810. The number of piperazine rings is 1. The van der Waals surface area contributed by atoms with Gasteiger partial charge in [0, 0.05) is 45.5 Å². The fraction of sp³-hybridized carbons (Fsp3) is 0.588. The van der Waals surface area contributed by atoms with Crippen LogP contribution in [0.3, 0.4) is 0 Å². The first-order chi connectivity index (χ1) is 11.1. The molecule has 1 aromatic carbocycles. The van der Waals surface area contributed by atoms with Crippen molar-refractivity contribution < 1.29 is 14.3 Å².